The topological polar surface area (TPSA) is 55.3 Å². The molecule has 1 aromatic carbocycles. The van der Waals surface area contributed by atoms with Crippen LogP contribution >= 0.6 is 0 Å². The normalized spacial score (nSPS) is 21.5. The predicted molar refractivity (Wildman–Crippen MR) is 89.7 cm³/mol. The Hall–Kier alpha value is -2.43. The van der Waals surface area contributed by atoms with Crippen molar-refractivity contribution in [2.75, 3.05) is 13.7 Å². The van der Waals surface area contributed by atoms with Gasteiger partial charge in [-0.15, -0.1) is 0 Å². The molecule has 124 valence electrons. The molecule has 2 aromatic rings. The SMILES string of the molecule is COc1cncc(C(=O)N2CC3(CCCC3)C2c2ccccc2)n1. The minimum atomic E-state index is -0.0622. The van der Waals surface area contributed by atoms with E-state index in [4.69, 9.17) is 4.74 Å². The third-order valence-corrected chi connectivity index (χ3v) is 5.39. The van der Waals surface area contributed by atoms with Gasteiger partial charge in [-0.3, -0.25) is 9.78 Å². The molecule has 0 bridgehead atoms. The van der Waals surface area contributed by atoms with Gasteiger partial charge in [0.25, 0.3) is 5.91 Å². The number of amides is 1. The fourth-order valence-corrected chi connectivity index (χ4v) is 4.30. The summed E-state index contributed by atoms with van der Waals surface area (Å²) in [5.74, 6) is 0.306. The summed E-state index contributed by atoms with van der Waals surface area (Å²) in [4.78, 5) is 23.3. The monoisotopic (exact) mass is 323 g/mol. The number of likely N-dealkylation sites (tertiary alicyclic amines) is 1. The van der Waals surface area contributed by atoms with E-state index in [1.54, 1.807) is 0 Å². The van der Waals surface area contributed by atoms with Gasteiger partial charge in [-0.25, -0.2) is 4.98 Å². The third kappa shape index (κ3) is 2.35. The van der Waals surface area contributed by atoms with Crippen LogP contribution in [0, 0.1) is 5.41 Å². The molecule has 1 aromatic heterocycles. The molecule has 1 amide bonds. The molecule has 1 spiro atoms. The van der Waals surface area contributed by atoms with Gasteiger partial charge in [-0.1, -0.05) is 43.2 Å². The van der Waals surface area contributed by atoms with Crippen LogP contribution in [0.15, 0.2) is 42.7 Å². The molecule has 1 aliphatic heterocycles. The highest BCUT2D eigenvalue weighted by Crippen LogP contribution is 2.58. The van der Waals surface area contributed by atoms with Crippen LogP contribution in [0.1, 0.15) is 47.8 Å². The molecule has 5 heteroatoms. The van der Waals surface area contributed by atoms with Crippen LogP contribution in [-0.4, -0.2) is 34.4 Å². The van der Waals surface area contributed by atoms with E-state index in [1.807, 2.05) is 23.1 Å². The van der Waals surface area contributed by atoms with Crippen molar-refractivity contribution in [3.05, 3.63) is 54.0 Å². The minimum Gasteiger partial charge on any atom is -0.480 e. The van der Waals surface area contributed by atoms with Crippen LogP contribution in [0.25, 0.3) is 0 Å². The Bertz CT molecular complexity index is 741. The van der Waals surface area contributed by atoms with Gasteiger partial charge in [0.15, 0.2) is 5.69 Å². The van der Waals surface area contributed by atoms with Crippen LogP contribution in [-0.2, 0) is 0 Å². The molecule has 2 aliphatic rings. The van der Waals surface area contributed by atoms with Gasteiger partial charge < -0.3 is 9.64 Å². The minimum absolute atomic E-state index is 0.0622. The molecular weight excluding hydrogens is 302 g/mol. The van der Waals surface area contributed by atoms with Crippen molar-refractivity contribution >= 4 is 5.91 Å². The van der Waals surface area contributed by atoms with E-state index in [0.29, 0.717) is 11.6 Å². The Balaban J connectivity index is 1.66. The molecule has 24 heavy (non-hydrogen) atoms. The van der Waals surface area contributed by atoms with E-state index in [-0.39, 0.29) is 17.4 Å². The molecule has 4 rings (SSSR count). The standard InChI is InChI=1S/C19H21N3O2/c1-24-16-12-20-11-15(21-16)18(23)22-13-19(9-5-6-10-19)17(22)14-7-3-2-4-8-14/h2-4,7-8,11-12,17H,5-6,9-10,13H2,1H3. The summed E-state index contributed by atoms with van der Waals surface area (Å²) in [5.41, 5.74) is 1.81. The van der Waals surface area contributed by atoms with Crippen molar-refractivity contribution in [2.45, 2.75) is 31.7 Å². The van der Waals surface area contributed by atoms with Crippen molar-refractivity contribution in [3.63, 3.8) is 0 Å². The first-order valence-electron chi connectivity index (χ1n) is 8.45. The summed E-state index contributed by atoms with van der Waals surface area (Å²) in [6.07, 6.45) is 7.93. The quantitative estimate of drug-likeness (QED) is 0.870. The zero-order chi connectivity index (χ0) is 16.6. The molecule has 0 radical (unpaired) electrons. The summed E-state index contributed by atoms with van der Waals surface area (Å²) in [6, 6.07) is 10.5. The second kappa shape index (κ2) is 5.89. The van der Waals surface area contributed by atoms with Crippen LogP contribution < -0.4 is 4.74 Å². The van der Waals surface area contributed by atoms with Crippen molar-refractivity contribution in [1.29, 1.82) is 0 Å². The van der Waals surface area contributed by atoms with Crippen molar-refractivity contribution in [3.8, 4) is 5.88 Å². The molecule has 0 N–H and O–H groups in total. The first-order valence-corrected chi connectivity index (χ1v) is 8.45. The largest absolute Gasteiger partial charge is 0.480 e. The summed E-state index contributed by atoms with van der Waals surface area (Å²) in [7, 11) is 1.53. The van der Waals surface area contributed by atoms with Crippen molar-refractivity contribution in [2.24, 2.45) is 5.41 Å². The first-order chi connectivity index (χ1) is 11.7. The maximum atomic E-state index is 13.0. The number of ether oxygens (including phenoxy) is 1. The van der Waals surface area contributed by atoms with Gasteiger partial charge in [0.05, 0.1) is 25.5 Å². The molecule has 1 saturated heterocycles. The number of nitrogens with zero attached hydrogens (tertiary/aromatic N) is 3. The molecule has 1 atom stereocenters. The van der Waals surface area contributed by atoms with E-state index < -0.39 is 0 Å². The molecule has 2 fully saturated rings. The molecule has 1 aliphatic carbocycles. The summed E-state index contributed by atoms with van der Waals surface area (Å²) in [5, 5.41) is 0. The zero-order valence-corrected chi connectivity index (χ0v) is 13.8. The highest BCUT2D eigenvalue weighted by Gasteiger charge is 2.56. The van der Waals surface area contributed by atoms with Crippen molar-refractivity contribution in [1.82, 2.24) is 14.9 Å². The number of benzene rings is 1. The molecule has 1 unspecified atom stereocenters. The van der Waals surface area contributed by atoms with E-state index >= 15 is 0 Å². The number of carbonyl (C=O) groups excluding carboxylic acids is 1. The summed E-state index contributed by atoms with van der Waals surface area (Å²) >= 11 is 0. The van der Waals surface area contributed by atoms with E-state index in [1.165, 1.54) is 50.8 Å². The third-order valence-electron chi connectivity index (χ3n) is 5.39. The lowest BCUT2D eigenvalue weighted by molar-refractivity contribution is -0.0514. The number of carbonyl (C=O) groups is 1. The molecule has 5 nitrogen and oxygen atoms in total. The van der Waals surface area contributed by atoms with Gasteiger partial charge in [0, 0.05) is 12.0 Å². The van der Waals surface area contributed by atoms with E-state index in [9.17, 15) is 4.79 Å². The highest BCUT2D eigenvalue weighted by atomic mass is 16.5. The van der Waals surface area contributed by atoms with Crippen LogP contribution in [0.5, 0.6) is 5.88 Å². The Morgan fingerprint density at radius 3 is 2.67 bits per heavy atom. The van der Waals surface area contributed by atoms with Crippen molar-refractivity contribution < 1.29 is 9.53 Å². The lowest BCUT2D eigenvalue weighted by atomic mass is 9.67. The molecule has 1 saturated carbocycles. The van der Waals surface area contributed by atoms with Gasteiger partial charge in [0.2, 0.25) is 5.88 Å². The summed E-state index contributed by atoms with van der Waals surface area (Å²) in [6.45, 7) is 0.810. The number of rotatable bonds is 3. The number of hydrogen-bond donors (Lipinski definition) is 0. The maximum Gasteiger partial charge on any atom is 0.274 e. The predicted octanol–water partition coefficient (Wildman–Crippen LogP) is 3.24. The highest BCUT2D eigenvalue weighted by molar-refractivity contribution is 5.93. The molecular formula is C19H21N3O2. The second-order valence-corrected chi connectivity index (χ2v) is 6.76. The Morgan fingerprint density at radius 2 is 1.96 bits per heavy atom. The van der Waals surface area contributed by atoms with Gasteiger partial charge in [-0.2, -0.15) is 0 Å². The Labute approximate surface area is 141 Å². The lowest BCUT2D eigenvalue weighted by Crippen LogP contribution is -2.59. The van der Waals surface area contributed by atoms with Crippen LogP contribution in [0.2, 0.25) is 0 Å². The van der Waals surface area contributed by atoms with Crippen LogP contribution in [0.4, 0.5) is 0 Å². The second-order valence-electron chi connectivity index (χ2n) is 6.76. The summed E-state index contributed by atoms with van der Waals surface area (Å²) < 4.78 is 5.10. The Kier molecular flexibility index (Phi) is 3.71. The number of aromatic nitrogens is 2. The fraction of sp³-hybridized carbons (Fsp3) is 0.421. The van der Waals surface area contributed by atoms with E-state index in [0.717, 1.165) is 6.54 Å². The maximum absolute atomic E-state index is 13.0. The van der Waals surface area contributed by atoms with Crippen LogP contribution in [0.3, 0.4) is 0 Å². The number of methoxy groups -OCH3 is 1. The average molecular weight is 323 g/mol. The average Bonchev–Trinajstić information content (AvgIpc) is 3.12. The van der Waals surface area contributed by atoms with Gasteiger partial charge in [0.1, 0.15) is 0 Å². The van der Waals surface area contributed by atoms with E-state index in [2.05, 4.69) is 22.1 Å². The van der Waals surface area contributed by atoms with Gasteiger partial charge in [-0.05, 0) is 18.4 Å². The lowest BCUT2D eigenvalue weighted by Gasteiger charge is -2.56. The molecule has 2 heterocycles. The number of hydrogen-bond acceptors (Lipinski definition) is 4. The first kappa shape index (κ1) is 15.1. The zero-order valence-electron chi connectivity index (χ0n) is 13.8. The Morgan fingerprint density at radius 1 is 1.21 bits per heavy atom. The fourth-order valence-electron chi connectivity index (χ4n) is 4.30. The van der Waals surface area contributed by atoms with Gasteiger partial charge >= 0.3 is 0 Å². The smallest absolute Gasteiger partial charge is 0.274 e.